The predicted molar refractivity (Wildman–Crippen MR) is 61.4 cm³/mol. The van der Waals surface area contributed by atoms with Crippen molar-refractivity contribution >= 4 is 12.4 Å². The number of aromatic hydroxyl groups is 1. The van der Waals surface area contributed by atoms with E-state index in [1.165, 1.54) is 14.2 Å². The van der Waals surface area contributed by atoms with E-state index in [0.29, 0.717) is 0 Å². The first-order valence-corrected chi connectivity index (χ1v) is 4.58. The summed E-state index contributed by atoms with van der Waals surface area (Å²) in [5.41, 5.74) is 4.81. The zero-order valence-corrected chi connectivity index (χ0v) is 10.4. The standard InChI is InChI=1S/C10H12F3NO3.ClH/c1-16-6-3-5(9(14)10(11,12)13)4-7(17-2)8(6)15;/h3-4,9,15H,14H2,1-2H3;1H/t9-;/m1./s1. The molecule has 1 atom stereocenters. The highest BCUT2D eigenvalue weighted by Gasteiger charge is 2.38. The number of nitrogens with two attached hydrogens (primary N) is 1. The molecule has 0 aromatic heterocycles. The molecular weight excluding hydrogens is 275 g/mol. The summed E-state index contributed by atoms with van der Waals surface area (Å²) in [5.74, 6) is -0.619. The van der Waals surface area contributed by atoms with E-state index < -0.39 is 12.2 Å². The van der Waals surface area contributed by atoms with Crippen molar-refractivity contribution in [3.8, 4) is 17.2 Å². The smallest absolute Gasteiger partial charge is 0.407 e. The highest BCUT2D eigenvalue weighted by atomic mass is 35.5. The Kier molecular flexibility index (Phi) is 5.56. The van der Waals surface area contributed by atoms with Crippen molar-refractivity contribution in [2.75, 3.05) is 14.2 Å². The molecule has 0 saturated heterocycles. The van der Waals surface area contributed by atoms with Gasteiger partial charge in [0.2, 0.25) is 5.75 Å². The van der Waals surface area contributed by atoms with Crippen LogP contribution in [0.3, 0.4) is 0 Å². The minimum atomic E-state index is -4.58. The van der Waals surface area contributed by atoms with Crippen molar-refractivity contribution < 1.29 is 27.8 Å². The minimum absolute atomic E-state index is 0. The molecule has 104 valence electrons. The van der Waals surface area contributed by atoms with Gasteiger partial charge in [-0.2, -0.15) is 13.2 Å². The molecule has 0 aliphatic rings. The number of alkyl halides is 3. The number of methoxy groups -OCH3 is 2. The third-order valence-electron chi connectivity index (χ3n) is 2.21. The van der Waals surface area contributed by atoms with E-state index in [-0.39, 0.29) is 35.2 Å². The Bertz CT molecular complexity index is 387. The third kappa shape index (κ3) is 3.33. The van der Waals surface area contributed by atoms with Crippen LogP contribution >= 0.6 is 12.4 Å². The molecule has 18 heavy (non-hydrogen) atoms. The fraction of sp³-hybridized carbons (Fsp3) is 0.400. The molecule has 0 unspecified atom stereocenters. The van der Waals surface area contributed by atoms with Crippen LogP contribution in [0.1, 0.15) is 11.6 Å². The van der Waals surface area contributed by atoms with Crippen LogP contribution < -0.4 is 15.2 Å². The van der Waals surface area contributed by atoms with Crippen molar-refractivity contribution in [1.82, 2.24) is 0 Å². The SMILES string of the molecule is COc1cc([C@@H](N)C(F)(F)F)cc(OC)c1O.Cl. The second-order valence-electron chi connectivity index (χ2n) is 3.29. The maximum Gasteiger partial charge on any atom is 0.407 e. The van der Waals surface area contributed by atoms with Crippen LogP contribution in [-0.2, 0) is 0 Å². The Hall–Kier alpha value is -1.34. The van der Waals surface area contributed by atoms with Gasteiger partial charge in [0.1, 0.15) is 6.04 Å². The van der Waals surface area contributed by atoms with E-state index in [2.05, 4.69) is 0 Å². The van der Waals surface area contributed by atoms with Gasteiger partial charge in [0.15, 0.2) is 11.5 Å². The number of ether oxygens (including phenoxy) is 2. The third-order valence-corrected chi connectivity index (χ3v) is 2.21. The number of hydrogen-bond donors (Lipinski definition) is 2. The van der Waals surface area contributed by atoms with Crippen molar-refractivity contribution in [3.63, 3.8) is 0 Å². The molecule has 8 heteroatoms. The average molecular weight is 288 g/mol. The van der Waals surface area contributed by atoms with E-state index in [1.807, 2.05) is 0 Å². The van der Waals surface area contributed by atoms with E-state index in [0.717, 1.165) is 12.1 Å². The molecule has 0 fully saturated rings. The summed E-state index contributed by atoms with van der Waals surface area (Å²) in [4.78, 5) is 0. The molecule has 1 rings (SSSR count). The lowest BCUT2D eigenvalue weighted by molar-refractivity contribution is -0.149. The molecule has 1 aromatic carbocycles. The molecule has 0 aliphatic heterocycles. The fourth-order valence-electron chi connectivity index (χ4n) is 1.28. The monoisotopic (exact) mass is 287 g/mol. The van der Waals surface area contributed by atoms with Gasteiger partial charge in [-0.05, 0) is 17.7 Å². The summed E-state index contributed by atoms with van der Waals surface area (Å²) < 4.78 is 46.8. The largest absolute Gasteiger partial charge is 0.502 e. The van der Waals surface area contributed by atoms with Gasteiger partial charge in [0.25, 0.3) is 0 Å². The highest BCUT2D eigenvalue weighted by Crippen LogP contribution is 2.41. The number of halogens is 4. The van der Waals surface area contributed by atoms with Gasteiger partial charge >= 0.3 is 6.18 Å². The molecule has 0 spiro atoms. The molecule has 1 aromatic rings. The van der Waals surface area contributed by atoms with Crippen LogP contribution in [0.4, 0.5) is 13.2 Å². The van der Waals surface area contributed by atoms with Gasteiger partial charge in [-0.1, -0.05) is 0 Å². The molecule has 0 bridgehead atoms. The van der Waals surface area contributed by atoms with Gasteiger partial charge in [0, 0.05) is 0 Å². The molecule has 0 radical (unpaired) electrons. The quantitative estimate of drug-likeness (QED) is 0.896. The summed E-state index contributed by atoms with van der Waals surface area (Å²) in [7, 11) is 2.44. The van der Waals surface area contributed by atoms with Crippen LogP contribution in [0.25, 0.3) is 0 Å². The summed E-state index contributed by atoms with van der Waals surface area (Å²) >= 11 is 0. The lowest BCUT2D eigenvalue weighted by Crippen LogP contribution is -2.28. The summed E-state index contributed by atoms with van der Waals surface area (Å²) in [6.07, 6.45) is -4.58. The molecule has 3 N–H and O–H groups in total. The molecular formula is C10H13ClF3NO3. The number of phenolic OH excluding ortho intramolecular Hbond substituents is 1. The van der Waals surface area contributed by atoms with Gasteiger partial charge in [-0.15, -0.1) is 12.4 Å². The van der Waals surface area contributed by atoms with Crippen LogP contribution in [0.5, 0.6) is 17.2 Å². The summed E-state index contributed by atoms with van der Waals surface area (Å²) in [5, 5.41) is 9.53. The van der Waals surface area contributed by atoms with Gasteiger partial charge < -0.3 is 20.3 Å². The zero-order chi connectivity index (χ0) is 13.2. The van der Waals surface area contributed by atoms with Gasteiger partial charge in [0.05, 0.1) is 14.2 Å². The number of benzene rings is 1. The summed E-state index contributed by atoms with van der Waals surface area (Å²) in [6.45, 7) is 0. The van der Waals surface area contributed by atoms with Gasteiger partial charge in [-0.25, -0.2) is 0 Å². The molecule has 0 saturated carbocycles. The Morgan fingerprint density at radius 3 is 1.83 bits per heavy atom. The minimum Gasteiger partial charge on any atom is -0.502 e. The Morgan fingerprint density at radius 2 is 1.56 bits per heavy atom. The molecule has 0 aliphatic carbocycles. The highest BCUT2D eigenvalue weighted by molar-refractivity contribution is 5.85. The Morgan fingerprint density at radius 1 is 1.17 bits per heavy atom. The fourth-order valence-corrected chi connectivity index (χ4v) is 1.28. The van der Waals surface area contributed by atoms with E-state index in [4.69, 9.17) is 15.2 Å². The Balaban J connectivity index is 0.00000289. The van der Waals surface area contributed by atoms with E-state index in [9.17, 15) is 18.3 Å². The molecule has 0 amide bonds. The van der Waals surface area contributed by atoms with Crippen LogP contribution in [0, 0.1) is 0 Å². The number of rotatable bonds is 3. The number of phenols is 1. The first-order valence-electron chi connectivity index (χ1n) is 4.58. The predicted octanol–water partition coefficient (Wildman–Crippen LogP) is 2.39. The summed E-state index contributed by atoms with van der Waals surface area (Å²) in [6, 6.07) is -0.114. The van der Waals surface area contributed by atoms with Crippen LogP contribution in [0.15, 0.2) is 12.1 Å². The van der Waals surface area contributed by atoms with E-state index >= 15 is 0 Å². The lowest BCUT2D eigenvalue weighted by Gasteiger charge is -2.18. The maximum atomic E-state index is 12.4. The normalized spacial score (nSPS) is 12.6. The Labute approximate surface area is 108 Å². The topological polar surface area (TPSA) is 64.7 Å². The van der Waals surface area contributed by atoms with Crippen molar-refractivity contribution in [2.45, 2.75) is 12.2 Å². The first kappa shape index (κ1) is 16.7. The lowest BCUT2D eigenvalue weighted by atomic mass is 10.1. The van der Waals surface area contributed by atoms with Crippen LogP contribution in [0.2, 0.25) is 0 Å². The van der Waals surface area contributed by atoms with E-state index in [1.54, 1.807) is 0 Å². The van der Waals surface area contributed by atoms with Gasteiger partial charge in [-0.3, -0.25) is 0 Å². The molecule has 4 nitrogen and oxygen atoms in total. The zero-order valence-electron chi connectivity index (χ0n) is 9.62. The molecule has 0 heterocycles. The maximum absolute atomic E-state index is 12.4. The van der Waals surface area contributed by atoms with Crippen molar-refractivity contribution in [1.29, 1.82) is 0 Å². The first-order chi connectivity index (χ1) is 7.81. The van der Waals surface area contributed by atoms with Crippen molar-refractivity contribution in [2.24, 2.45) is 5.73 Å². The average Bonchev–Trinajstić information content (AvgIpc) is 2.27. The van der Waals surface area contributed by atoms with Crippen molar-refractivity contribution in [3.05, 3.63) is 17.7 Å². The second-order valence-corrected chi connectivity index (χ2v) is 3.29. The van der Waals surface area contributed by atoms with Crippen LogP contribution in [-0.4, -0.2) is 25.5 Å². The second kappa shape index (κ2) is 6.01. The number of hydrogen-bond acceptors (Lipinski definition) is 4.